The molecule has 0 atom stereocenters. The molecule has 0 aliphatic heterocycles. The lowest BCUT2D eigenvalue weighted by Gasteiger charge is -2.05. The van der Waals surface area contributed by atoms with Gasteiger partial charge in [0.2, 0.25) is 5.96 Å². The molecule has 0 heterocycles. The van der Waals surface area contributed by atoms with E-state index < -0.39 is 0 Å². The first-order chi connectivity index (χ1) is 7.40. The number of aliphatic imine (C=N–C) groups is 2. The van der Waals surface area contributed by atoms with Crippen LogP contribution in [0.1, 0.15) is 11.1 Å². The minimum Gasteiger partial charge on any atom is -0.370 e. The van der Waals surface area contributed by atoms with E-state index >= 15 is 0 Å². The van der Waals surface area contributed by atoms with Gasteiger partial charge in [0.25, 0.3) is 0 Å². The van der Waals surface area contributed by atoms with Crippen LogP contribution in [0.4, 0.5) is 5.69 Å². The molecule has 1 aromatic carbocycles. The Hall–Kier alpha value is -1.75. The molecule has 16 heavy (non-hydrogen) atoms. The number of nitrogens with zero attached hydrogens (tertiary/aromatic N) is 2. The van der Waals surface area contributed by atoms with Crippen molar-refractivity contribution in [2.24, 2.45) is 27.2 Å². The van der Waals surface area contributed by atoms with Gasteiger partial charge >= 0.3 is 0 Å². The van der Waals surface area contributed by atoms with Gasteiger partial charge in [-0.3, -0.25) is 0 Å². The second kappa shape index (κ2) is 4.85. The number of halogens is 1. The molecule has 5 nitrogen and oxygen atoms in total. The number of benzene rings is 1. The normalized spacial score (nSPS) is 11.3. The number of hydrogen-bond acceptors (Lipinski definition) is 1. The van der Waals surface area contributed by atoms with E-state index in [-0.39, 0.29) is 11.9 Å². The predicted molar refractivity (Wildman–Crippen MR) is 68.0 cm³/mol. The summed E-state index contributed by atoms with van der Waals surface area (Å²) in [5, 5.41) is 0.661. The summed E-state index contributed by atoms with van der Waals surface area (Å²) in [6.45, 7) is 3.78. The maximum Gasteiger partial charge on any atom is 0.223 e. The van der Waals surface area contributed by atoms with Gasteiger partial charge in [-0.2, -0.15) is 4.99 Å². The molecular weight excluding hydrogens is 226 g/mol. The fourth-order valence-electron chi connectivity index (χ4n) is 1.35. The van der Waals surface area contributed by atoms with Crippen molar-refractivity contribution >= 4 is 29.2 Å². The van der Waals surface area contributed by atoms with Gasteiger partial charge in [0.05, 0.1) is 5.69 Å². The quantitative estimate of drug-likeness (QED) is 0.506. The summed E-state index contributed by atoms with van der Waals surface area (Å²) < 4.78 is 0. The molecule has 0 spiro atoms. The fraction of sp³-hybridized carbons (Fsp3) is 0.200. The van der Waals surface area contributed by atoms with Gasteiger partial charge < -0.3 is 17.2 Å². The maximum absolute atomic E-state index is 5.90. The predicted octanol–water partition coefficient (Wildman–Crippen LogP) is 1.18. The largest absolute Gasteiger partial charge is 0.370 e. The first-order valence-electron chi connectivity index (χ1n) is 4.60. The van der Waals surface area contributed by atoms with Crippen LogP contribution in [0, 0.1) is 13.8 Å². The molecule has 0 saturated heterocycles. The minimum atomic E-state index is -0.120. The molecule has 1 rings (SSSR count). The SMILES string of the molecule is Cc1cc(Cl)cc(C)c1N=C(N)N=C(N)N. The second-order valence-electron chi connectivity index (χ2n) is 3.39. The number of aryl methyl sites for hydroxylation is 2. The van der Waals surface area contributed by atoms with E-state index in [1.807, 2.05) is 13.8 Å². The highest BCUT2D eigenvalue weighted by Gasteiger charge is 2.03. The molecule has 0 radical (unpaired) electrons. The molecule has 0 amide bonds. The topological polar surface area (TPSA) is 103 Å². The molecule has 6 N–H and O–H groups in total. The third-order valence-electron chi connectivity index (χ3n) is 1.93. The zero-order chi connectivity index (χ0) is 12.3. The highest BCUT2D eigenvalue weighted by atomic mass is 35.5. The van der Waals surface area contributed by atoms with Gasteiger partial charge in [-0.05, 0) is 37.1 Å². The number of nitrogens with two attached hydrogens (primary N) is 3. The Bertz CT molecular complexity index is 437. The van der Waals surface area contributed by atoms with Crippen molar-refractivity contribution in [2.75, 3.05) is 0 Å². The van der Waals surface area contributed by atoms with Crippen LogP contribution in [0.25, 0.3) is 0 Å². The Morgan fingerprint density at radius 3 is 2.06 bits per heavy atom. The molecule has 0 aromatic heterocycles. The van der Waals surface area contributed by atoms with Crippen LogP contribution in [0.3, 0.4) is 0 Å². The van der Waals surface area contributed by atoms with Gasteiger partial charge in [0, 0.05) is 5.02 Å². The van der Waals surface area contributed by atoms with Crippen molar-refractivity contribution in [3.63, 3.8) is 0 Å². The highest BCUT2D eigenvalue weighted by Crippen LogP contribution is 2.27. The third kappa shape index (κ3) is 3.13. The average Bonchev–Trinajstić information content (AvgIpc) is 2.09. The van der Waals surface area contributed by atoms with E-state index in [4.69, 9.17) is 28.8 Å². The molecule has 6 heteroatoms. The summed E-state index contributed by atoms with van der Waals surface area (Å²) in [5.41, 5.74) is 18.5. The van der Waals surface area contributed by atoms with Crippen molar-refractivity contribution in [2.45, 2.75) is 13.8 Å². The van der Waals surface area contributed by atoms with Crippen LogP contribution in [0.2, 0.25) is 5.02 Å². The van der Waals surface area contributed by atoms with Crippen LogP contribution in [0.5, 0.6) is 0 Å². The highest BCUT2D eigenvalue weighted by molar-refractivity contribution is 6.30. The molecule has 0 unspecified atom stereocenters. The van der Waals surface area contributed by atoms with Crippen molar-refractivity contribution in [1.82, 2.24) is 0 Å². The summed E-state index contributed by atoms with van der Waals surface area (Å²) in [6, 6.07) is 3.60. The van der Waals surface area contributed by atoms with Crippen LogP contribution in [-0.2, 0) is 0 Å². The smallest absolute Gasteiger partial charge is 0.223 e. The van der Waals surface area contributed by atoms with Crippen LogP contribution < -0.4 is 17.2 Å². The summed E-state index contributed by atoms with van der Waals surface area (Å²) in [4.78, 5) is 7.77. The van der Waals surface area contributed by atoms with Gasteiger partial charge in [-0.1, -0.05) is 11.6 Å². The van der Waals surface area contributed by atoms with Gasteiger partial charge in [0.1, 0.15) is 0 Å². The van der Waals surface area contributed by atoms with Crippen LogP contribution in [-0.4, -0.2) is 11.9 Å². The van der Waals surface area contributed by atoms with Crippen molar-refractivity contribution in [3.8, 4) is 0 Å². The lowest BCUT2D eigenvalue weighted by molar-refractivity contribution is 1.30. The van der Waals surface area contributed by atoms with Gasteiger partial charge in [-0.15, -0.1) is 0 Å². The Morgan fingerprint density at radius 1 is 1.12 bits per heavy atom. The molecule has 0 bridgehead atoms. The first-order valence-corrected chi connectivity index (χ1v) is 4.98. The summed E-state index contributed by atoms with van der Waals surface area (Å²) >= 11 is 5.90. The Balaban J connectivity index is 3.20. The lowest BCUT2D eigenvalue weighted by atomic mass is 10.1. The summed E-state index contributed by atoms with van der Waals surface area (Å²) in [5.74, 6) is -0.0981. The van der Waals surface area contributed by atoms with E-state index in [1.54, 1.807) is 12.1 Å². The molecule has 1 aromatic rings. The van der Waals surface area contributed by atoms with Gasteiger partial charge in [-0.25, -0.2) is 4.99 Å². The van der Waals surface area contributed by atoms with Crippen molar-refractivity contribution < 1.29 is 0 Å². The van der Waals surface area contributed by atoms with Crippen LogP contribution >= 0.6 is 11.6 Å². The van der Waals surface area contributed by atoms with E-state index in [0.29, 0.717) is 5.02 Å². The monoisotopic (exact) mass is 239 g/mol. The molecular formula is C10H14ClN5. The standard InChI is InChI=1S/C10H14ClN5/c1-5-3-7(11)4-6(2)8(5)15-10(14)16-9(12)13/h3-4H,1-2H3,(H6,12,13,14,15,16). The number of rotatable bonds is 1. The third-order valence-corrected chi connectivity index (χ3v) is 2.14. The van der Waals surface area contributed by atoms with E-state index in [0.717, 1.165) is 16.8 Å². The number of hydrogen-bond donors (Lipinski definition) is 3. The Morgan fingerprint density at radius 2 is 1.62 bits per heavy atom. The van der Waals surface area contributed by atoms with E-state index in [9.17, 15) is 0 Å². The molecule has 0 aliphatic carbocycles. The van der Waals surface area contributed by atoms with Crippen molar-refractivity contribution in [3.05, 3.63) is 28.3 Å². The zero-order valence-corrected chi connectivity index (χ0v) is 9.92. The Kier molecular flexibility index (Phi) is 3.73. The minimum absolute atomic E-state index is 0.0218. The van der Waals surface area contributed by atoms with E-state index in [2.05, 4.69) is 9.98 Å². The summed E-state index contributed by atoms with van der Waals surface area (Å²) in [6.07, 6.45) is 0. The van der Waals surface area contributed by atoms with Crippen molar-refractivity contribution in [1.29, 1.82) is 0 Å². The molecule has 0 saturated carbocycles. The maximum atomic E-state index is 5.90. The van der Waals surface area contributed by atoms with E-state index in [1.165, 1.54) is 0 Å². The fourth-order valence-corrected chi connectivity index (χ4v) is 1.68. The number of guanidine groups is 2. The first kappa shape index (κ1) is 12.3. The zero-order valence-electron chi connectivity index (χ0n) is 9.16. The lowest BCUT2D eigenvalue weighted by Crippen LogP contribution is -2.26. The molecule has 0 fully saturated rings. The van der Waals surface area contributed by atoms with Crippen LogP contribution in [0.15, 0.2) is 22.1 Å². The second-order valence-corrected chi connectivity index (χ2v) is 3.83. The summed E-state index contributed by atoms with van der Waals surface area (Å²) in [7, 11) is 0. The van der Waals surface area contributed by atoms with Gasteiger partial charge in [0.15, 0.2) is 5.96 Å². The molecule has 86 valence electrons. The molecule has 0 aliphatic rings. The Labute approximate surface area is 99.0 Å². The average molecular weight is 240 g/mol.